The quantitative estimate of drug-likeness (QED) is 0.907. The van der Waals surface area contributed by atoms with Crippen molar-refractivity contribution in [3.05, 3.63) is 18.7 Å². The van der Waals surface area contributed by atoms with Crippen molar-refractivity contribution in [2.75, 3.05) is 11.4 Å². The predicted molar refractivity (Wildman–Crippen MR) is 69.7 cm³/mol. The van der Waals surface area contributed by atoms with E-state index < -0.39 is 12.0 Å². The van der Waals surface area contributed by atoms with E-state index in [-0.39, 0.29) is 0 Å². The summed E-state index contributed by atoms with van der Waals surface area (Å²) < 4.78 is 5.95. The van der Waals surface area contributed by atoms with Gasteiger partial charge in [-0.25, -0.2) is 9.78 Å². The molecule has 19 heavy (non-hydrogen) atoms. The predicted octanol–water partition coefficient (Wildman–Crippen LogP) is 1.17. The number of hydrogen-bond donors (Lipinski definition) is 1. The van der Waals surface area contributed by atoms with Crippen LogP contribution in [0.15, 0.2) is 18.7 Å². The Hall–Kier alpha value is -1.96. The van der Waals surface area contributed by atoms with E-state index in [2.05, 4.69) is 14.3 Å². The molecule has 1 fully saturated rings. The average molecular weight is 279 g/mol. The van der Waals surface area contributed by atoms with Crippen molar-refractivity contribution >= 4 is 22.6 Å². The van der Waals surface area contributed by atoms with Gasteiger partial charge in [0.1, 0.15) is 12.4 Å². The maximum absolute atomic E-state index is 11.3. The Morgan fingerprint density at radius 3 is 3.11 bits per heavy atom. The number of carbonyl (C=O) groups is 1. The molecule has 0 bridgehead atoms. The molecule has 0 radical (unpaired) electrons. The van der Waals surface area contributed by atoms with Gasteiger partial charge < -0.3 is 10.0 Å². The molecule has 0 amide bonds. The Morgan fingerprint density at radius 2 is 2.37 bits per heavy atom. The van der Waals surface area contributed by atoms with Crippen molar-refractivity contribution in [2.45, 2.75) is 25.3 Å². The molecule has 3 heterocycles. The molecule has 0 aliphatic carbocycles. The minimum absolute atomic E-state index is 0.489. The summed E-state index contributed by atoms with van der Waals surface area (Å²) in [5.74, 6) is -0.258. The lowest BCUT2D eigenvalue weighted by Gasteiger charge is -2.32. The minimum atomic E-state index is -0.793. The minimum Gasteiger partial charge on any atom is -0.480 e. The van der Waals surface area contributed by atoms with Crippen LogP contribution in [0.4, 0.5) is 5.13 Å². The first-order chi connectivity index (χ1) is 9.25. The van der Waals surface area contributed by atoms with Crippen LogP contribution in [0.2, 0.25) is 0 Å². The fourth-order valence-corrected chi connectivity index (χ4v) is 2.97. The van der Waals surface area contributed by atoms with Gasteiger partial charge in [-0.15, -0.1) is 0 Å². The number of aromatic nitrogens is 4. The maximum atomic E-state index is 11.3. The molecule has 2 aromatic rings. The van der Waals surface area contributed by atoms with Gasteiger partial charge >= 0.3 is 5.97 Å². The van der Waals surface area contributed by atoms with E-state index in [4.69, 9.17) is 0 Å². The van der Waals surface area contributed by atoms with Crippen molar-refractivity contribution in [2.24, 2.45) is 0 Å². The van der Waals surface area contributed by atoms with Crippen LogP contribution in [0.3, 0.4) is 0 Å². The zero-order chi connectivity index (χ0) is 13.2. The molecule has 1 N–H and O–H groups in total. The number of carboxylic acid groups (broad SMARTS) is 1. The van der Waals surface area contributed by atoms with Crippen LogP contribution in [-0.4, -0.2) is 42.6 Å². The lowest BCUT2D eigenvalue weighted by atomic mass is 10.0. The molecular formula is C11H13N5O2S. The van der Waals surface area contributed by atoms with E-state index in [1.165, 1.54) is 11.5 Å². The second kappa shape index (κ2) is 4.96. The van der Waals surface area contributed by atoms with E-state index >= 15 is 0 Å². The van der Waals surface area contributed by atoms with E-state index in [9.17, 15) is 9.90 Å². The molecular weight excluding hydrogens is 266 g/mol. The lowest BCUT2D eigenvalue weighted by molar-refractivity contribution is -0.139. The molecule has 0 spiro atoms. The van der Waals surface area contributed by atoms with Gasteiger partial charge in [-0.3, -0.25) is 4.57 Å². The van der Waals surface area contributed by atoms with E-state index in [1.54, 1.807) is 23.3 Å². The Balaban J connectivity index is 1.87. The Bertz CT molecular complexity index is 567. The topological polar surface area (TPSA) is 84.1 Å². The average Bonchev–Trinajstić information content (AvgIpc) is 3.09. The molecule has 1 aliphatic heterocycles. The molecule has 1 saturated heterocycles. The molecule has 0 aromatic carbocycles. The largest absolute Gasteiger partial charge is 0.480 e. The van der Waals surface area contributed by atoms with E-state index in [1.807, 2.05) is 4.90 Å². The third kappa shape index (κ3) is 2.30. The van der Waals surface area contributed by atoms with Gasteiger partial charge in [-0.05, 0) is 19.3 Å². The highest BCUT2D eigenvalue weighted by molar-refractivity contribution is 7.09. The Labute approximate surface area is 113 Å². The molecule has 2 aromatic heterocycles. The summed E-state index contributed by atoms with van der Waals surface area (Å²) in [5, 5.41) is 9.92. The summed E-state index contributed by atoms with van der Waals surface area (Å²) in [6.45, 7) is 0.718. The highest BCUT2D eigenvalue weighted by Crippen LogP contribution is 2.27. The summed E-state index contributed by atoms with van der Waals surface area (Å²) in [5.41, 5.74) is 0. The molecule has 7 nitrogen and oxygen atoms in total. The van der Waals surface area contributed by atoms with Gasteiger partial charge in [0.15, 0.2) is 0 Å². The number of carboxylic acids is 1. The number of hydrogen-bond acceptors (Lipinski definition) is 6. The van der Waals surface area contributed by atoms with Crippen LogP contribution in [0, 0.1) is 0 Å². The first kappa shape index (κ1) is 12.1. The van der Waals surface area contributed by atoms with Gasteiger partial charge in [0.2, 0.25) is 11.1 Å². The van der Waals surface area contributed by atoms with Crippen LogP contribution in [0.1, 0.15) is 19.3 Å². The Morgan fingerprint density at radius 1 is 1.47 bits per heavy atom. The molecule has 3 rings (SSSR count). The van der Waals surface area contributed by atoms with Crippen LogP contribution < -0.4 is 4.90 Å². The van der Waals surface area contributed by atoms with Crippen molar-refractivity contribution in [3.63, 3.8) is 0 Å². The van der Waals surface area contributed by atoms with Gasteiger partial charge in [0, 0.05) is 30.5 Å². The highest BCUT2D eigenvalue weighted by Gasteiger charge is 2.30. The van der Waals surface area contributed by atoms with Crippen LogP contribution in [-0.2, 0) is 4.79 Å². The number of rotatable bonds is 3. The third-order valence-corrected chi connectivity index (χ3v) is 3.92. The first-order valence-electron chi connectivity index (χ1n) is 6.07. The number of aliphatic carboxylic acids is 1. The van der Waals surface area contributed by atoms with Gasteiger partial charge in [-0.1, -0.05) is 0 Å². The number of nitrogens with zero attached hydrogens (tertiary/aromatic N) is 5. The lowest BCUT2D eigenvalue weighted by Crippen LogP contribution is -2.44. The number of imidazole rings is 1. The van der Waals surface area contributed by atoms with E-state index in [0.29, 0.717) is 17.5 Å². The number of piperidine rings is 1. The molecule has 0 saturated carbocycles. The van der Waals surface area contributed by atoms with E-state index in [0.717, 1.165) is 19.4 Å². The zero-order valence-corrected chi connectivity index (χ0v) is 11.0. The third-order valence-electron chi connectivity index (χ3n) is 3.17. The van der Waals surface area contributed by atoms with Crippen molar-refractivity contribution in [1.29, 1.82) is 0 Å². The van der Waals surface area contributed by atoms with Crippen LogP contribution in [0.25, 0.3) is 5.95 Å². The maximum Gasteiger partial charge on any atom is 0.326 e. The van der Waals surface area contributed by atoms with Crippen LogP contribution in [0.5, 0.6) is 0 Å². The molecule has 100 valence electrons. The molecule has 8 heteroatoms. The smallest absolute Gasteiger partial charge is 0.326 e. The van der Waals surface area contributed by atoms with Gasteiger partial charge in [0.25, 0.3) is 0 Å². The summed E-state index contributed by atoms with van der Waals surface area (Å²) in [6.07, 6.45) is 7.63. The SMILES string of the molecule is O=C(O)[C@H]1CCCCN1c1nc(-n2ccnc2)ns1. The fourth-order valence-electron chi connectivity index (χ4n) is 2.22. The molecule has 1 aliphatic rings. The number of anilines is 1. The highest BCUT2D eigenvalue weighted by atomic mass is 32.1. The normalized spacial score (nSPS) is 19.6. The molecule has 0 unspecified atom stereocenters. The summed E-state index contributed by atoms with van der Waals surface area (Å²) in [6, 6.07) is -0.489. The molecule has 1 atom stereocenters. The summed E-state index contributed by atoms with van der Waals surface area (Å²) in [4.78, 5) is 21.5. The summed E-state index contributed by atoms with van der Waals surface area (Å²) >= 11 is 1.23. The standard InChI is InChI=1S/C11H13N5O2S/c17-9(18)8-3-1-2-5-16(8)11-13-10(14-19-11)15-6-4-12-7-15/h4,6-8H,1-3,5H2,(H,17,18)/t8-/m1/s1. The van der Waals surface area contributed by atoms with Crippen LogP contribution >= 0.6 is 11.5 Å². The zero-order valence-electron chi connectivity index (χ0n) is 10.1. The second-order valence-electron chi connectivity index (χ2n) is 4.39. The van der Waals surface area contributed by atoms with Crippen molar-refractivity contribution in [1.82, 2.24) is 18.9 Å². The van der Waals surface area contributed by atoms with Crippen molar-refractivity contribution in [3.8, 4) is 5.95 Å². The second-order valence-corrected chi connectivity index (χ2v) is 5.12. The Kier molecular flexibility index (Phi) is 3.16. The fraction of sp³-hybridized carbons (Fsp3) is 0.455. The van der Waals surface area contributed by atoms with Gasteiger partial charge in [-0.2, -0.15) is 9.36 Å². The van der Waals surface area contributed by atoms with Crippen molar-refractivity contribution < 1.29 is 9.90 Å². The summed E-state index contributed by atoms with van der Waals surface area (Å²) in [7, 11) is 0. The van der Waals surface area contributed by atoms with Gasteiger partial charge in [0.05, 0.1) is 0 Å². The monoisotopic (exact) mass is 279 g/mol. The first-order valence-corrected chi connectivity index (χ1v) is 6.84.